The summed E-state index contributed by atoms with van der Waals surface area (Å²) in [5.74, 6) is -0.129. The molecule has 0 unspecified atom stereocenters. The van der Waals surface area contributed by atoms with Crippen LogP contribution >= 0.6 is 0 Å². The van der Waals surface area contributed by atoms with Crippen LogP contribution in [0, 0.1) is 5.82 Å². The molecule has 0 bridgehead atoms. The second-order valence-electron chi connectivity index (χ2n) is 4.35. The first kappa shape index (κ1) is 11.0. The average molecular weight is 273 g/mol. The molecule has 0 saturated heterocycles. The Labute approximate surface area is 111 Å². The Balaban J connectivity index is 2.10. The van der Waals surface area contributed by atoms with Crippen LogP contribution in [-0.2, 0) is 9.47 Å². The van der Waals surface area contributed by atoms with Crippen LogP contribution in [0.5, 0.6) is 0 Å². The fraction of sp³-hybridized carbons (Fsp3) is 0.0769. The summed E-state index contributed by atoms with van der Waals surface area (Å²) in [4.78, 5) is 16.4. The van der Waals surface area contributed by atoms with Crippen molar-refractivity contribution in [1.29, 1.82) is 0 Å². The van der Waals surface area contributed by atoms with Gasteiger partial charge in [-0.25, -0.2) is 4.39 Å². The van der Waals surface area contributed by atoms with Gasteiger partial charge < -0.3 is 9.47 Å². The number of pyridine rings is 1. The summed E-state index contributed by atoms with van der Waals surface area (Å²) in [5.41, 5.74) is 0.788. The summed E-state index contributed by atoms with van der Waals surface area (Å²) in [7, 11) is 0. The van der Waals surface area contributed by atoms with E-state index in [0.29, 0.717) is 21.8 Å². The first-order chi connectivity index (χ1) is 9.74. The highest BCUT2D eigenvalue weighted by Crippen LogP contribution is 2.22. The van der Waals surface area contributed by atoms with Crippen LogP contribution in [0.25, 0.3) is 27.7 Å². The highest BCUT2D eigenvalue weighted by Gasteiger charge is 2.17. The van der Waals surface area contributed by atoms with Gasteiger partial charge in [0.1, 0.15) is 12.1 Å². The molecule has 1 N–H and O–H groups in total. The number of halogens is 1. The number of ether oxygens (including phenoxy) is 2. The minimum atomic E-state index is -0.389. The summed E-state index contributed by atoms with van der Waals surface area (Å²) >= 11 is 0. The molecule has 20 heavy (non-hydrogen) atoms. The van der Waals surface area contributed by atoms with Gasteiger partial charge in [-0.05, 0) is 18.2 Å². The number of hydrogen-bond donors (Lipinski definition) is 1. The maximum Gasteiger partial charge on any atom is 0.283 e. The van der Waals surface area contributed by atoms with Gasteiger partial charge in [0.2, 0.25) is 6.79 Å². The van der Waals surface area contributed by atoms with Gasteiger partial charge in [0.15, 0.2) is 0 Å². The number of hydrogen-bond acceptors (Lipinski definition) is 4. The molecule has 7 heteroatoms. The van der Waals surface area contributed by atoms with Crippen molar-refractivity contribution in [2.45, 2.75) is 0 Å². The predicted octanol–water partition coefficient (Wildman–Crippen LogP) is 1.78. The molecule has 3 aromatic rings. The molecule has 4 rings (SSSR count). The molecule has 0 fully saturated rings. The minimum absolute atomic E-state index is 0.0603. The Bertz CT molecular complexity index is 926. The summed E-state index contributed by atoms with van der Waals surface area (Å²) in [5, 5.41) is 3.80. The smallest absolute Gasteiger partial charge is 0.283 e. The quantitative estimate of drug-likeness (QED) is 0.733. The molecule has 0 spiro atoms. The topological polar surface area (TPSA) is 69.1 Å². The molecular weight excluding hydrogens is 265 g/mol. The fourth-order valence-electron chi connectivity index (χ4n) is 2.24. The van der Waals surface area contributed by atoms with E-state index in [1.807, 2.05) is 0 Å². The Morgan fingerprint density at radius 1 is 1.35 bits per heavy atom. The van der Waals surface area contributed by atoms with Crippen LogP contribution in [0.2, 0.25) is 0 Å². The summed E-state index contributed by atoms with van der Waals surface area (Å²) < 4.78 is 24.7. The lowest BCUT2D eigenvalue weighted by Crippen LogP contribution is -2.15. The zero-order chi connectivity index (χ0) is 13.7. The van der Waals surface area contributed by atoms with E-state index in [-0.39, 0.29) is 24.1 Å². The van der Waals surface area contributed by atoms with Gasteiger partial charge in [-0.15, -0.1) is 0 Å². The Kier molecular flexibility index (Phi) is 2.11. The van der Waals surface area contributed by atoms with Gasteiger partial charge in [0, 0.05) is 11.6 Å². The molecule has 0 atom stereocenters. The van der Waals surface area contributed by atoms with Crippen LogP contribution in [0.4, 0.5) is 4.39 Å². The minimum Gasteiger partial charge on any atom is -0.459 e. The van der Waals surface area contributed by atoms with E-state index in [1.165, 1.54) is 29.3 Å². The third-order valence-corrected chi connectivity index (χ3v) is 3.17. The Morgan fingerprint density at radius 2 is 2.25 bits per heavy atom. The second kappa shape index (κ2) is 3.83. The highest BCUT2D eigenvalue weighted by molar-refractivity contribution is 6.02. The molecule has 1 aliphatic heterocycles. The van der Waals surface area contributed by atoms with Gasteiger partial charge in [0.25, 0.3) is 11.4 Å². The molecule has 0 amide bonds. The lowest BCUT2D eigenvalue weighted by atomic mass is 10.2. The van der Waals surface area contributed by atoms with Gasteiger partial charge in [0.05, 0.1) is 16.4 Å². The van der Waals surface area contributed by atoms with Crippen molar-refractivity contribution in [2.75, 3.05) is 6.79 Å². The predicted molar refractivity (Wildman–Crippen MR) is 69.1 cm³/mol. The van der Waals surface area contributed by atoms with E-state index >= 15 is 0 Å². The van der Waals surface area contributed by atoms with Gasteiger partial charge in [-0.1, -0.05) is 0 Å². The van der Waals surface area contributed by atoms with E-state index in [4.69, 9.17) is 9.47 Å². The number of benzene rings is 1. The zero-order valence-electron chi connectivity index (χ0n) is 10.1. The van der Waals surface area contributed by atoms with Gasteiger partial charge in [-0.2, -0.15) is 4.68 Å². The standard InChI is InChI=1S/C13H8FN3O3/c14-7-1-2-10-8(3-7)12-9(4-15-10)13(18)17(16-12)11-5-19-6-20-11/h1-5,16H,6H2. The number of nitrogens with one attached hydrogen (secondary N) is 1. The Hall–Kier alpha value is -2.83. The average Bonchev–Trinajstić information content (AvgIpc) is 3.07. The first-order valence-electron chi connectivity index (χ1n) is 5.88. The third kappa shape index (κ3) is 1.43. The van der Waals surface area contributed by atoms with Gasteiger partial charge >= 0.3 is 0 Å². The number of fused-ring (bicyclic) bond motifs is 3. The molecule has 1 aliphatic rings. The normalized spacial score (nSPS) is 14.3. The second-order valence-corrected chi connectivity index (χ2v) is 4.35. The third-order valence-electron chi connectivity index (χ3n) is 3.17. The van der Waals surface area contributed by atoms with Crippen LogP contribution in [-0.4, -0.2) is 21.6 Å². The van der Waals surface area contributed by atoms with E-state index in [9.17, 15) is 9.18 Å². The number of aromatic amines is 1. The lowest BCUT2D eigenvalue weighted by Gasteiger charge is -2.00. The molecule has 0 radical (unpaired) electrons. The number of rotatable bonds is 1. The summed E-state index contributed by atoms with van der Waals surface area (Å²) in [6, 6.07) is 4.23. The summed E-state index contributed by atoms with van der Waals surface area (Å²) in [6.07, 6.45) is 2.80. The molecule has 0 saturated carbocycles. The molecular formula is C13H8FN3O3. The van der Waals surface area contributed by atoms with Crippen molar-refractivity contribution in [3.63, 3.8) is 0 Å². The van der Waals surface area contributed by atoms with Crippen LogP contribution < -0.4 is 5.56 Å². The molecule has 2 aromatic heterocycles. The van der Waals surface area contributed by atoms with E-state index in [2.05, 4.69) is 10.1 Å². The van der Waals surface area contributed by atoms with Crippen LogP contribution in [0.15, 0.2) is 35.5 Å². The maximum absolute atomic E-state index is 13.4. The monoisotopic (exact) mass is 273 g/mol. The van der Waals surface area contributed by atoms with Crippen molar-refractivity contribution in [2.24, 2.45) is 0 Å². The lowest BCUT2D eigenvalue weighted by molar-refractivity contribution is 0.0949. The molecule has 6 nitrogen and oxygen atoms in total. The molecule has 3 heterocycles. The summed E-state index contributed by atoms with van der Waals surface area (Å²) in [6.45, 7) is 0.0603. The number of nitrogens with zero attached hydrogens (tertiary/aromatic N) is 2. The fourth-order valence-corrected chi connectivity index (χ4v) is 2.24. The van der Waals surface area contributed by atoms with E-state index in [1.54, 1.807) is 6.07 Å². The molecule has 1 aromatic carbocycles. The molecule has 0 aliphatic carbocycles. The van der Waals surface area contributed by atoms with Crippen molar-refractivity contribution in [3.05, 3.63) is 46.8 Å². The van der Waals surface area contributed by atoms with E-state index < -0.39 is 0 Å². The van der Waals surface area contributed by atoms with Gasteiger partial charge in [-0.3, -0.25) is 14.9 Å². The Morgan fingerprint density at radius 3 is 3.05 bits per heavy atom. The van der Waals surface area contributed by atoms with Crippen molar-refractivity contribution >= 4 is 27.7 Å². The maximum atomic E-state index is 13.4. The largest absolute Gasteiger partial charge is 0.459 e. The SMILES string of the molecule is O=c1c2cnc3ccc(F)cc3c2[nH]n1C1=COCO1. The molecule has 100 valence electrons. The zero-order valence-corrected chi connectivity index (χ0v) is 10.1. The van der Waals surface area contributed by atoms with Crippen LogP contribution in [0.3, 0.4) is 0 Å². The van der Waals surface area contributed by atoms with E-state index in [0.717, 1.165) is 0 Å². The highest BCUT2D eigenvalue weighted by atomic mass is 19.1. The first-order valence-corrected chi connectivity index (χ1v) is 5.88. The number of H-pyrrole nitrogens is 1. The van der Waals surface area contributed by atoms with Crippen molar-refractivity contribution < 1.29 is 13.9 Å². The van der Waals surface area contributed by atoms with Crippen molar-refractivity contribution in [3.8, 4) is 0 Å². The van der Waals surface area contributed by atoms with Crippen LogP contribution in [0.1, 0.15) is 0 Å². The number of aromatic nitrogens is 3. The van der Waals surface area contributed by atoms with Crippen molar-refractivity contribution in [1.82, 2.24) is 14.8 Å².